The minimum Gasteiger partial charge on any atom is -0.495 e. The van der Waals surface area contributed by atoms with E-state index in [1.165, 1.54) is 14.2 Å². The van der Waals surface area contributed by atoms with E-state index in [1.54, 1.807) is 28.9 Å². The van der Waals surface area contributed by atoms with Crippen molar-refractivity contribution < 1.29 is 14.3 Å². The van der Waals surface area contributed by atoms with Gasteiger partial charge in [0.15, 0.2) is 0 Å². The highest BCUT2D eigenvalue weighted by Gasteiger charge is 2.15. The van der Waals surface area contributed by atoms with Gasteiger partial charge in [-0.15, -0.1) is 5.10 Å². The average molecular weight is 423 g/mol. The number of methoxy groups -OCH3 is 2. The fraction of sp³-hybridized carbons (Fsp3) is 0.136. The molecular weight excluding hydrogens is 404 g/mol. The number of aromatic nitrogens is 3. The van der Waals surface area contributed by atoms with Gasteiger partial charge in [-0.2, -0.15) is 0 Å². The summed E-state index contributed by atoms with van der Waals surface area (Å²) in [7, 11) is 3.02. The maximum atomic E-state index is 12.8. The van der Waals surface area contributed by atoms with Crippen LogP contribution in [-0.4, -0.2) is 35.1 Å². The van der Waals surface area contributed by atoms with Crippen molar-refractivity contribution in [3.8, 4) is 11.5 Å². The Balaban J connectivity index is 1.58. The molecule has 0 radical (unpaired) electrons. The maximum absolute atomic E-state index is 12.8. The van der Waals surface area contributed by atoms with Crippen LogP contribution in [0.15, 0.2) is 60.7 Å². The Hall–Kier alpha value is -3.58. The molecule has 1 heterocycles. The number of amides is 1. The van der Waals surface area contributed by atoms with Crippen LogP contribution in [0.4, 0.5) is 5.69 Å². The third kappa shape index (κ3) is 3.92. The van der Waals surface area contributed by atoms with Crippen molar-refractivity contribution in [1.29, 1.82) is 0 Å². The number of carbonyl (C=O) groups excluding carboxylic acids is 1. The molecule has 0 aliphatic carbocycles. The van der Waals surface area contributed by atoms with E-state index in [4.69, 9.17) is 21.1 Å². The molecule has 4 rings (SSSR count). The van der Waals surface area contributed by atoms with E-state index < -0.39 is 0 Å². The Morgan fingerprint density at radius 1 is 1.03 bits per heavy atom. The number of rotatable bonds is 6. The minimum atomic E-state index is -0.311. The molecule has 0 bridgehead atoms. The van der Waals surface area contributed by atoms with Crippen molar-refractivity contribution in [2.45, 2.75) is 6.54 Å². The lowest BCUT2D eigenvalue weighted by Crippen LogP contribution is -2.13. The summed E-state index contributed by atoms with van der Waals surface area (Å²) in [5.41, 5.74) is 3.50. The van der Waals surface area contributed by atoms with E-state index >= 15 is 0 Å². The Bertz CT molecular complexity index is 1210. The molecule has 0 aliphatic rings. The van der Waals surface area contributed by atoms with Gasteiger partial charge in [-0.3, -0.25) is 4.79 Å². The standard InChI is InChI=1S/C22H19ClN4O3/c1-29-20-12-21(30-2)18(11-16(20)23)24-22(28)15-8-9-19-17(10-15)25-26-27(19)13-14-6-4-3-5-7-14/h3-12H,13H2,1-2H3,(H,24,28). The van der Waals surface area contributed by atoms with Crippen molar-refractivity contribution in [2.75, 3.05) is 19.5 Å². The van der Waals surface area contributed by atoms with Gasteiger partial charge in [-0.25, -0.2) is 4.68 Å². The summed E-state index contributed by atoms with van der Waals surface area (Å²) >= 11 is 6.18. The molecule has 1 amide bonds. The van der Waals surface area contributed by atoms with Gasteiger partial charge in [0.1, 0.15) is 17.0 Å². The second kappa shape index (κ2) is 8.42. The predicted molar refractivity (Wildman–Crippen MR) is 116 cm³/mol. The molecule has 4 aromatic rings. The second-order valence-corrected chi connectivity index (χ2v) is 6.98. The van der Waals surface area contributed by atoms with Crippen molar-refractivity contribution in [1.82, 2.24) is 15.0 Å². The van der Waals surface area contributed by atoms with Gasteiger partial charge in [0, 0.05) is 11.6 Å². The molecule has 0 saturated carbocycles. The summed E-state index contributed by atoms with van der Waals surface area (Å²) in [6.07, 6.45) is 0. The van der Waals surface area contributed by atoms with Crippen molar-refractivity contribution in [3.05, 3.63) is 76.8 Å². The molecule has 0 unspecified atom stereocenters. The van der Waals surface area contributed by atoms with Gasteiger partial charge >= 0.3 is 0 Å². The molecule has 0 fully saturated rings. The average Bonchev–Trinajstić information content (AvgIpc) is 3.16. The molecule has 3 aromatic carbocycles. The summed E-state index contributed by atoms with van der Waals surface area (Å²) in [5.74, 6) is 0.594. The minimum absolute atomic E-state index is 0.311. The second-order valence-electron chi connectivity index (χ2n) is 6.58. The van der Waals surface area contributed by atoms with E-state index in [0.717, 1.165) is 11.1 Å². The summed E-state index contributed by atoms with van der Waals surface area (Å²) in [4.78, 5) is 12.8. The highest BCUT2D eigenvalue weighted by molar-refractivity contribution is 6.32. The van der Waals surface area contributed by atoms with Crippen LogP contribution in [0.3, 0.4) is 0 Å². The molecule has 1 aromatic heterocycles. The van der Waals surface area contributed by atoms with Gasteiger partial charge in [0.25, 0.3) is 5.91 Å². The van der Waals surface area contributed by atoms with Gasteiger partial charge in [-0.1, -0.05) is 47.1 Å². The van der Waals surface area contributed by atoms with Crippen molar-refractivity contribution in [3.63, 3.8) is 0 Å². The Morgan fingerprint density at radius 2 is 1.80 bits per heavy atom. The SMILES string of the molecule is COc1cc(OC)c(NC(=O)c2ccc3c(c2)nnn3Cc2ccccc2)cc1Cl. The van der Waals surface area contributed by atoms with Gasteiger partial charge in [-0.05, 0) is 29.8 Å². The van der Waals surface area contributed by atoms with E-state index in [0.29, 0.717) is 39.8 Å². The molecule has 1 N–H and O–H groups in total. The van der Waals surface area contributed by atoms with Gasteiger partial charge in [0.05, 0.1) is 37.0 Å². The normalized spacial score (nSPS) is 10.8. The van der Waals surface area contributed by atoms with Crippen LogP contribution in [0.2, 0.25) is 5.02 Å². The van der Waals surface area contributed by atoms with Crippen LogP contribution in [0.1, 0.15) is 15.9 Å². The number of halogens is 1. The highest BCUT2D eigenvalue weighted by Crippen LogP contribution is 2.36. The molecule has 0 aliphatic heterocycles. The van der Waals surface area contributed by atoms with Gasteiger partial charge in [0.2, 0.25) is 0 Å². The largest absolute Gasteiger partial charge is 0.495 e. The van der Waals surface area contributed by atoms with E-state index in [9.17, 15) is 4.79 Å². The highest BCUT2D eigenvalue weighted by atomic mass is 35.5. The summed E-state index contributed by atoms with van der Waals surface area (Å²) < 4.78 is 12.3. The number of fused-ring (bicyclic) bond motifs is 1. The quantitative estimate of drug-likeness (QED) is 0.498. The van der Waals surface area contributed by atoms with Gasteiger partial charge < -0.3 is 14.8 Å². The first-order chi connectivity index (χ1) is 14.6. The number of anilines is 1. The van der Waals surface area contributed by atoms with Crippen LogP contribution < -0.4 is 14.8 Å². The molecule has 7 nitrogen and oxygen atoms in total. The molecule has 0 atom stereocenters. The number of ether oxygens (including phenoxy) is 2. The first-order valence-corrected chi connectivity index (χ1v) is 9.57. The summed E-state index contributed by atoms with van der Waals surface area (Å²) in [6.45, 7) is 0.602. The zero-order valence-corrected chi connectivity index (χ0v) is 17.2. The van der Waals surface area contributed by atoms with Crippen LogP contribution in [0.5, 0.6) is 11.5 Å². The summed E-state index contributed by atoms with van der Waals surface area (Å²) in [5, 5.41) is 11.6. The van der Waals surface area contributed by atoms with E-state index in [-0.39, 0.29) is 5.91 Å². The molecular formula is C22H19ClN4O3. The molecule has 8 heteroatoms. The smallest absolute Gasteiger partial charge is 0.255 e. The predicted octanol–water partition coefficient (Wildman–Crippen LogP) is 4.40. The number of nitrogens with one attached hydrogen (secondary N) is 1. The van der Waals surface area contributed by atoms with E-state index in [2.05, 4.69) is 15.6 Å². The molecule has 30 heavy (non-hydrogen) atoms. The molecule has 0 saturated heterocycles. The number of hydrogen-bond acceptors (Lipinski definition) is 5. The Labute approximate surface area is 178 Å². The number of nitrogens with zero attached hydrogens (tertiary/aromatic N) is 3. The Kier molecular flexibility index (Phi) is 5.54. The lowest BCUT2D eigenvalue weighted by Gasteiger charge is -2.13. The maximum Gasteiger partial charge on any atom is 0.255 e. The first-order valence-electron chi connectivity index (χ1n) is 9.19. The lowest BCUT2D eigenvalue weighted by molar-refractivity contribution is 0.102. The zero-order chi connectivity index (χ0) is 21.1. The van der Waals surface area contributed by atoms with Crippen LogP contribution in [-0.2, 0) is 6.54 Å². The monoisotopic (exact) mass is 422 g/mol. The van der Waals surface area contributed by atoms with Crippen molar-refractivity contribution >= 4 is 34.2 Å². The van der Waals surface area contributed by atoms with Crippen LogP contribution >= 0.6 is 11.6 Å². The number of hydrogen-bond donors (Lipinski definition) is 1. The van der Waals surface area contributed by atoms with Crippen molar-refractivity contribution in [2.24, 2.45) is 0 Å². The lowest BCUT2D eigenvalue weighted by atomic mass is 10.1. The van der Waals surface area contributed by atoms with Crippen LogP contribution in [0, 0.1) is 0 Å². The Morgan fingerprint density at radius 3 is 2.53 bits per heavy atom. The third-order valence-electron chi connectivity index (χ3n) is 4.67. The summed E-state index contributed by atoms with van der Waals surface area (Å²) in [6, 6.07) is 18.5. The fourth-order valence-corrected chi connectivity index (χ4v) is 3.38. The third-order valence-corrected chi connectivity index (χ3v) is 4.97. The van der Waals surface area contributed by atoms with E-state index in [1.807, 2.05) is 36.4 Å². The first kappa shape index (κ1) is 19.7. The van der Waals surface area contributed by atoms with Crippen LogP contribution in [0.25, 0.3) is 11.0 Å². The zero-order valence-electron chi connectivity index (χ0n) is 16.4. The molecule has 152 valence electrons. The molecule has 0 spiro atoms. The number of carbonyl (C=O) groups is 1. The number of benzene rings is 3. The topological polar surface area (TPSA) is 78.3 Å². The fourth-order valence-electron chi connectivity index (χ4n) is 3.14.